The molecule has 0 spiro atoms. The third kappa shape index (κ3) is 4.47. The topological polar surface area (TPSA) is 49.4 Å². The summed E-state index contributed by atoms with van der Waals surface area (Å²) in [6, 6.07) is 17.5. The molecule has 25 heavy (non-hydrogen) atoms. The van der Waals surface area contributed by atoms with Gasteiger partial charge in [-0.2, -0.15) is 0 Å². The van der Waals surface area contributed by atoms with Crippen LogP contribution in [0, 0.1) is 6.92 Å². The number of aryl methyl sites for hydroxylation is 1. The van der Waals surface area contributed by atoms with Crippen molar-refractivity contribution in [2.45, 2.75) is 25.7 Å². The fourth-order valence-corrected chi connectivity index (χ4v) is 3.36. The van der Waals surface area contributed by atoms with Crippen molar-refractivity contribution in [1.29, 1.82) is 0 Å². The van der Waals surface area contributed by atoms with Gasteiger partial charge in [-0.15, -0.1) is 0 Å². The Bertz CT molecular complexity index is 743. The van der Waals surface area contributed by atoms with Gasteiger partial charge in [-0.05, 0) is 37.5 Å². The van der Waals surface area contributed by atoms with Gasteiger partial charge in [0.1, 0.15) is 0 Å². The second-order valence-electron chi connectivity index (χ2n) is 6.64. The second-order valence-corrected chi connectivity index (χ2v) is 6.64. The number of carbonyl (C=O) groups is 2. The lowest BCUT2D eigenvalue weighted by Crippen LogP contribution is -2.44. The standard InChI is InChI=1S/C21H24N2O2/c1-16-7-5-10-18(13-16)19-11-6-12-23(15-19)20(24)14-22-21(25)17-8-3-2-4-9-17/h2-5,7-10,13,19H,6,11-12,14-15H2,1H3,(H,22,25)/t19-/m0/s1. The third-order valence-electron chi connectivity index (χ3n) is 4.72. The van der Waals surface area contributed by atoms with Crippen LogP contribution >= 0.6 is 0 Å². The molecule has 130 valence electrons. The van der Waals surface area contributed by atoms with E-state index in [2.05, 4.69) is 36.5 Å². The predicted octanol–water partition coefficient (Wildman–Crippen LogP) is 3.13. The number of hydrogen-bond donors (Lipinski definition) is 1. The van der Waals surface area contributed by atoms with E-state index in [0.717, 1.165) is 25.9 Å². The molecule has 4 nitrogen and oxygen atoms in total. The van der Waals surface area contributed by atoms with Gasteiger partial charge in [-0.25, -0.2) is 0 Å². The highest BCUT2D eigenvalue weighted by molar-refractivity contribution is 5.96. The Hall–Kier alpha value is -2.62. The quantitative estimate of drug-likeness (QED) is 0.932. The van der Waals surface area contributed by atoms with Gasteiger partial charge in [0, 0.05) is 24.6 Å². The number of piperidine rings is 1. The molecule has 0 unspecified atom stereocenters. The van der Waals surface area contributed by atoms with E-state index >= 15 is 0 Å². The Morgan fingerprint density at radius 2 is 1.92 bits per heavy atom. The van der Waals surface area contributed by atoms with Crippen molar-refractivity contribution in [3.63, 3.8) is 0 Å². The van der Waals surface area contributed by atoms with Crippen LogP contribution in [0.1, 0.15) is 40.2 Å². The lowest BCUT2D eigenvalue weighted by Gasteiger charge is -2.33. The maximum Gasteiger partial charge on any atom is 0.251 e. The number of nitrogens with one attached hydrogen (secondary N) is 1. The minimum absolute atomic E-state index is 0.0124. The van der Waals surface area contributed by atoms with Crippen molar-refractivity contribution in [3.05, 3.63) is 71.3 Å². The maximum atomic E-state index is 12.5. The predicted molar refractivity (Wildman–Crippen MR) is 98.5 cm³/mol. The highest BCUT2D eigenvalue weighted by Crippen LogP contribution is 2.27. The molecule has 1 fully saturated rings. The smallest absolute Gasteiger partial charge is 0.251 e. The molecule has 1 saturated heterocycles. The van der Waals surface area contributed by atoms with Crippen LogP contribution in [0.2, 0.25) is 0 Å². The Kier molecular flexibility index (Phi) is 5.49. The summed E-state index contributed by atoms with van der Waals surface area (Å²) in [5.41, 5.74) is 3.12. The normalized spacial score (nSPS) is 17.2. The largest absolute Gasteiger partial charge is 0.343 e. The van der Waals surface area contributed by atoms with Crippen molar-refractivity contribution >= 4 is 11.8 Å². The molecule has 0 radical (unpaired) electrons. The van der Waals surface area contributed by atoms with Crippen molar-refractivity contribution in [2.24, 2.45) is 0 Å². The molecule has 3 rings (SSSR count). The van der Waals surface area contributed by atoms with E-state index < -0.39 is 0 Å². The number of likely N-dealkylation sites (tertiary alicyclic amines) is 1. The lowest BCUT2D eigenvalue weighted by molar-refractivity contribution is -0.131. The number of carbonyl (C=O) groups excluding carboxylic acids is 2. The first-order valence-corrected chi connectivity index (χ1v) is 8.81. The summed E-state index contributed by atoms with van der Waals surface area (Å²) in [4.78, 5) is 26.4. The molecule has 0 saturated carbocycles. The monoisotopic (exact) mass is 336 g/mol. The van der Waals surface area contributed by atoms with Gasteiger partial charge in [0.05, 0.1) is 6.54 Å². The maximum absolute atomic E-state index is 12.5. The highest BCUT2D eigenvalue weighted by Gasteiger charge is 2.24. The van der Waals surface area contributed by atoms with E-state index in [9.17, 15) is 9.59 Å². The van der Waals surface area contributed by atoms with Crippen molar-refractivity contribution in [2.75, 3.05) is 19.6 Å². The zero-order chi connectivity index (χ0) is 17.6. The molecule has 1 aliphatic rings. The number of benzene rings is 2. The lowest BCUT2D eigenvalue weighted by atomic mass is 9.90. The third-order valence-corrected chi connectivity index (χ3v) is 4.72. The number of amides is 2. The zero-order valence-corrected chi connectivity index (χ0v) is 14.6. The van der Waals surface area contributed by atoms with E-state index in [1.807, 2.05) is 23.1 Å². The Morgan fingerprint density at radius 3 is 2.68 bits per heavy atom. The van der Waals surface area contributed by atoms with Crippen LogP contribution in [0.5, 0.6) is 0 Å². The zero-order valence-electron chi connectivity index (χ0n) is 14.6. The summed E-state index contributed by atoms with van der Waals surface area (Å²) < 4.78 is 0. The summed E-state index contributed by atoms with van der Waals surface area (Å²) >= 11 is 0. The van der Waals surface area contributed by atoms with Gasteiger partial charge in [0.25, 0.3) is 5.91 Å². The van der Waals surface area contributed by atoms with Gasteiger partial charge >= 0.3 is 0 Å². The molecule has 1 atom stereocenters. The van der Waals surface area contributed by atoms with E-state index in [0.29, 0.717) is 11.5 Å². The summed E-state index contributed by atoms with van der Waals surface area (Å²) in [5.74, 6) is 0.158. The average Bonchev–Trinajstić information content (AvgIpc) is 2.66. The molecule has 4 heteroatoms. The molecule has 2 aromatic rings. The minimum Gasteiger partial charge on any atom is -0.343 e. The molecular weight excluding hydrogens is 312 g/mol. The van der Waals surface area contributed by atoms with Crippen molar-refractivity contribution in [3.8, 4) is 0 Å². The van der Waals surface area contributed by atoms with Gasteiger partial charge in [0.2, 0.25) is 5.91 Å². The van der Waals surface area contributed by atoms with Crippen LogP contribution in [0.4, 0.5) is 0 Å². The van der Waals surface area contributed by atoms with Crippen LogP contribution < -0.4 is 5.32 Å². The molecule has 0 aromatic heterocycles. The number of hydrogen-bond acceptors (Lipinski definition) is 2. The SMILES string of the molecule is Cc1cccc([C@H]2CCCN(C(=O)CNC(=O)c3ccccc3)C2)c1. The molecule has 0 aliphatic carbocycles. The number of rotatable bonds is 4. The van der Waals surface area contributed by atoms with Crippen LogP contribution in [-0.4, -0.2) is 36.3 Å². The molecular formula is C21H24N2O2. The van der Waals surface area contributed by atoms with Crippen LogP contribution in [0.3, 0.4) is 0 Å². The van der Waals surface area contributed by atoms with E-state index in [1.165, 1.54) is 11.1 Å². The first-order valence-electron chi connectivity index (χ1n) is 8.81. The Morgan fingerprint density at radius 1 is 1.12 bits per heavy atom. The van der Waals surface area contributed by atoms with Gasteiger partial charge in [-0.3, -0.25) is 9.59 Å². The second kappa shape index (κ2) is 7.97. The fourth-order valence-electron chi connectivity index (χ4n) is 3.36. The van der Waals surface area contributed by atoms with Gasteiger partial charge in [-0.1, -0.05) is 48.0 Å². The van der Waals surface area contributed by atoms with E-state index in [4.69, 9.17) is 0 Å². The molecule has 1 aliphatic heterocycles. The van der Waals surface area contributed by atoms with Gasteiger partial charge < -0.3 is 10.2 Å². The molecule has 1 N–H and O–H groups in total. The summed E-state index contributed by atoms with van der Waals surface area (Å²) in [5, 5.41) is 2.73. The van der Waals surface area contributed by atoms with E-state index in [1.54, 1.807) is 12.1 Å². The minimum atomic E-state index is -0.207. The first kappa shape index (κ1) is 17.2. The van der Waals surface area contributed by atoms with Gasteiger partial charge in [0.15, 0.2) is 0 Å². The van der Waals surface area contributed by atoms with Crippen LogP contribution in [0.15, 0.2) is 54.6 Å². The molecule has 2 amide bonds. The molecule has 0 bridgehead atoms. The summed E-state index contributed by atoms with van der Waals surface area (Å²) in [7, 11) is 0. The fraction of sp³-hybridized carbons (Fsp3) is 0.333. The Balaban J connectivity index is 1.56. The average molecular weight is 336 g/mol. The summed E-state index contributed by atoms with van der Waals surface area (Å²) in [6.07, 6.45) is 2.10. The Labute approximate surface area is 148 Å². The molecule has 2 aromatic carbocycles. The van der Waals surface area contributed by atoms with Crippen LogP contribution in [0.25, 0.3) is 0 Å². The highest BCUT2D eigenvalue weighted by atomic mass is 16.2. The summed E-state index contributed by atoms with van der Waals surface area (Å²) in [6.45, 7) is 3.63. The molecule has 1 heterocycles. The van der Waals surface area contributed by atoms with Crippen molar-refractivity contribution in [1.82, 2.24) is 10.2 Å². The van der Waals surface area contributed by atoms with Crippen LogP contribution in [-0.2, 0) is 4.79 Å². The van der Waals surface area contributed by atoms with E-state index in [-0.39, 0.29) is 18.4 Å². The first-order chi connectivity index (χ1) is 12.1. The van der Waals surface area contributed by atoms with Crippen molar-refractivity contribution < 1.29 is 9.59 Å². The number of nitrogens with zero attached hydrogens (tertiary/aromatic N) is 1.